The number of carbonyl (C=O) groups excluding carboxylic acids is 1. The zero-order valence-corrected chi connectivity index (χ0v) is 23.2. The van der Waals surface area contributed by atoms with E-state index < -0.39 is 11.6 Å². The van der Waals surface area contributed by atoms with Gasteiger partial charge in [-0.1, -0.05) is 6.58 Å². The molecule has 0 saturated heterocycles. The second-order valence-corrected chi connectivity index (χ2v) is 10.8. The summed E-state index contributed by atoms with van der Waals surface area (Å²) in [5, 5.41) is 16.9. The molecule has 41 heavy (non-hydrogen) atoms. The smallest absolute Gasteiger partial charge is 0.246 e. The Labute approximate surface area is 238 Å². The van der Waals surface area contributed by atoms with Crippen LogP contribution < -0.4 is 4.74 Å². The lowest BCUT2D eigenvalue weighted by atomic mass is 9.97. The molecule has 0 radical (unpaired) electrons. The Morgan fingerprint density at radius 1 is 1.24 bits per heavy atom. The van der Waals surface area contributed by atoms with Gasteiger partial charge in [0.1, 0.15) is 41.1 Å². The molecule has 1 aromatic carbocycles. The molecule has 210 valence electrons. The normalized spacial score (nSPS) is 14.9. The number of thiophene rings is 1. The summed E-state index contributed by atoms with van der Waals surface area (Å²) in [4.78, 5) is 23.6. The maximum Gasteiger partial charge on any atom is 0.246 e. The molecule has 1 N–H and O–H groups in total. The number of ether oxygens (including phenoxy) is 1. The van der Waals surface area contributed by atoms with E-state index in [-0.39, 0.29) is 36.5 Å². The van der Waals surface area contributed by atoms with Crippen molar-refractivity contribution >= 4 is 27.3 Å². The molecule has 4 aromatic heterocycles. The summed E-state index contributed by atoms with van der Waals surface area (Å²) in [5.74, 6) is -1.87. The zero-order valence-electron chi connectivity index (χ0n) is 22.3. The molecule has 1 aliphatic rings. The van der Waals surface area contributed by atoms with Crippen LogP contribution in [0, 0.1) is 11.6 Å². The van der Waals surface area contributed by atoms with E-state index in [4.69, 9.17) is 14.8 Å². The van der Waals surface area contributed by atoms with Crippen molar-refractivity contribution in [3.05, 3.63) is 72.2 Å². The number of halogens is 2. The highest BCUT2D eigenvalue weighted by molar-refractivity contribution is 7.18. The predicted molar refractivity (Wildman–Crippen MR) is 151 cm³/mol. The Morgan fingerprint density at radius 2 is 2.07 bits per heavy atom. The van der Waals surface area contributed by atoms with E-state index in [0.29, 0.717) is 46.1 Å². The number of pyridine rings is 1. The summed E-state index contributed by atoms with van der Waals surface area (Å²) < 4.78 is 40.1. The minimum absolute atomic E-state index is 0.0184. The molecule has 1 aliphatic heterocycles. The minimum atomic E-state index is -0.832. The molecule has 0 fully saturated rings. The van der Waals surface area contributed by atoms with E-state index >= 15 is 4.39 Å². The molecule has 1 amide bonds. The lowest BCUT2D eigenvalue weighted by Gasteiger charge is -2.31. The SMILES string of the molecule is C=CC(=O)N1Cc2cc(-c3nc(-c4cn(C)cn4)c4ccsc4c3-c3c(F)cc(F)cc3OCCO)nn2[C@@H](C)C1. The fourth-order valence-electron chi connectivity index (χ4n) is 5.24. The van der Waals surface area contributed by atoms with Gasteiger partial charge in [0, 0.05) is 47.6 Å². The Morgan fingerprint density at radius 3 is 2.80 bits per heavy atom. The molecule has 9 nitrogen and oxygen atoms in total. The quantitative estimate of drug-likeness (QED) is 0.275. The molecule has 0 aliphatic carbocycles. The number of hydrogen-bond donors (Lipinski definition) is 1. The number of carbonyl (C=O) groups is 1. The lowest BCUT2D eigenvalue weighted by Crippen LogP contribution is -2.39. The van der Waals surface area contributed by atoms with Gasteiger partial charge in [-0.2, -0.15) is 5.10 Å². The fraction of sp³-hybridized carbons (Fsp3) is 0.241. The van der Waals surface area contributed by atoms with Gasteiger partial charge < -0.3 is 19.3 Å². The highest BCUT2D eigenvalue weighted by Gasteiger charge is 2.30. The molecule has 0 spiro atoms. The Kier molecular flexibility index (Phi) is 6.88. The maximum absolute atomic E-state index is 15.7. The predicted octanol–water partition coefficient (Wildman–Crippen LogP) is 4.97. The second kappa shape index (κ2) is 10.5. The summed E-state index contributed by atoms with van der Waals surface area (Å²) in [6.07, 6.45) is 4.80. The third kappa shape index (κ3) is 4.68. The second-order valence-electron chi connectivity index (χ2n) is 9.84. The van der Waals surface area contributed by atoms with Crippen molar-refractivity contribution in [2.24, 2.45) is 7.05 Å². The maximum atomic E-state index is 15.7. The topological polar surface area (TPSA) is 98.3 Å². The van der Waals surface area contributed by atoms with Crippen LogP contribution in [0.15, 0.2) is 54.8 Å². The van der Waals surface area contributed by atoms with E-state index in [2.05, 4.69) is 11.6 Å². The van der Waals surface area contributed by atoms with Crippen LogP contribution in [0.1, 0.15) is 18.7 Å². The van der Waals surface area contributed by atoms with Gasteiger partial charge in [0.25, 0.3) is 0 Å². The fourth-order valence-corrected chi connectivity index (χ4v) is 6.18. The number of aromatic nitrogens is 5. The average Bonchev–Trinajstić information content (AvgIpc) is 3.70. The van der Waals surface area contributed by atoms with Gasteiger partial charge in [-0.05, 0) is 30.5 Å². The summed E-state index contributed by atoms with van der Waals surface area (Å²) in [7, 11) is 1.86. The minimum Gasteiger partial charge on any atom is -0.490 e. The Hall–Kier alpha value is -4.42. The average molecular weight is 577 g/mol. The highest BCUT2D eigenvalue weighted by Crippen LogP contribution is 2.47. The van der Waals surface area contributed by atoms with Gasteiger partial charge in [-0.25, -0.2) is 18.7 Å². The first-order chi connectivity index (χ1) is 19.8. The van der Waals surface area contributed by atoms with E-state index in [1.54, 1.807) is 11.2 Å². The number of hydrogen-bond acceptors (Lipinski definition) is 7. The van der Waals surface area contributed by atoms with Crippen molar-refractivity contribution in [3.63, 3.8) is 0 Å². The van der Waals surface area contributed by atoms with Crippen LogP contribution in [-0.4, -0.2) is 60.0 Å². The van der Waals surface area contributed by atoms with E-state index in [0.717, 1.165) is 23.2 Å². The number of aryl methyl sites for hydroxylation is 1. The number of aliphatic hydroxyl groups is 1. The van der Waals surface area contributed by atoms with Crippen molar-refractivity contribution < 1.29 is 23.4 Å². The third-order valence-electron chi connectivity index (χ3n) is 6.97. The third-order valence-corrected chi connectivity index (χ3v) is 7.90. The van der Waals surface area contributed by atoms with E-state index in [1.807, 2.05) is 46.9 Å². The van der Waals surface area contributed by atoms with Gasteiger partial charge in [-0.15, -0.1) is 11.3 Å². The van der Waals surface area contributed by atoms with Crippen molar-refractivity contribution in [2.45, 2.75) is 19.5 Å². The summed E-state index contributed by atoms with van der Waals surface area (Å²) >= 11 is 1.38. The zero-order chi connectivity index (χ0) is 28.8. The van der Waals surface area contributed by atoms with Crippen molar-refractivity contribution in [1.82, 2.24) is 29.2 Å². The van der Waals surface area contributed by atoms with Gasteiger partial charge in [-0.3, -0.25) is 9.48 Å². The van der Waals surface area contributed by atoms with Gasteiger partial charge in [0.05, 0.1) is 42.5 Å². The first kappa shape index (κ1) is 26.8. The number of rotatable bonds is 7. The van der Waals surface area contributed by atoms with Crippen LogP contribution in [0.25, 0.3) is 44.0 Å². The standard InChI is InChI=1S/C29H26F2N6O3S/c1-4-24(39)36-12-16(2)37-18(13-36)11-21(34-37)28-26(25-20(31)9-17(30)10-23(25)40-7-6-38)29-19(5-8-41-29)27(33-28)22-14-35(3)15-32-22/h4-5,8-11,14-16,38H,1,6-7,12-13H2,2-3H3/t16-/m0/s1. The van der Waals surface area contributed by atoms with E-state index in [9.17, 15) is 14.3 Å². The molecular formula is C29H26F2N6O3S. The Balaban J connectivity index is 1.64. The largest absolute Gasteiger partial charge is 0.490 e. The summed E-state index contributed by atoms with van der Waals surface area (Å²) in [6, 6.07) is 5.49. The van der Waals surface area contributed by atoms with Crippen molar-refractivity contribution in [1.29, 1.82) is 0 Å². The molecule has 0 bridgehead atoms. The first-order valence-corrected chi connectivity index (χ1v) is 13.8. The molecule has 1 atom stereocenters. The first-order valence-electron chi connectivity index (χ1n) is 12.9. The molecule has 5 heterocycles. The van der Waals surface area contributed by atoms with Crippen LogP contribution in [0.5, 0.6) is 5.75 Å². The highest BCUT2D eigenvalue weighted by atomic mass is 32.1. The van der Waals surface area contributed by atoms with Crippen molar-refractivity contribution in [3.8, 4) is 39.7 Å². The monoisotopic (exact) mass is 576 g/mol. The van der Waals surface area contributed by atoms with Crippen LogP contribution in [0.2, 0.25) is 0 Å². The number of benzene rings is 1. The van der Waals surface area contributed by atoms with Gasteiger partial charge in [0.15, 0.2) is 0 Å². The number of amides is 1. The van der Waals surface area contributed by atoms with Gasteiger partial charge in [0.2, 0.25) is 5.91 Å². The molecule has 0 unspecified atom stereocenters. The number of fused-ring (bicyclic) bond motifs is 2. The number of nitrogens with zero attached hydrogens (tertiary/aromatic N) is 6. The van der Waals surface area contributed by atoms with Crippen LogP contribution in [-0.2, 0) is 18.4 Å². The Bertz CT molecular complexity index is 1810. The molecule has 12 heteroatoms. The van der Waals surface area contributed by atoms with Crippen molar-refractivity contribution in [2.75, 3.05) is 19.8 Å². The lowest BCUT2D eigenvalue weighted by molar-refractivity contribution is -0.127. The van der Waals surface area contributed by atoms with Gasteiger partial charge >= 0.3 is 0 Å². The molecule has 6 rings (SSSR count). The van der Waals surface area contributed by atoms with Crippen LogP contribution in [0.3, 0.4) is 0 Å². The van der Waals surface area contributed by atoms with Crippen LogP contribution in [0.4, 0.5) is 8.78 Å². The van der Waals surface area contributed by atoms with Crippen LogP contribution >= 0.6 is 11.3 Å². The molecule has 5 aromatic rings. The summed E-state index contributed by atoms with van der Waals surface area (Å²) in [6.45, 7) is 5.85. The number of imidazole rings is 1. The molecular weight excluding hydrogens is 550 g/mol. The molecule has 0 saturated carbocycles. The summed E-state index contributed by atoms with van der Waals surface area (Å²) in [5.41, 5.74) is 3.22. The van der Waals surface area contributed by atoms with E-state index in [1.165, 1.54) is 17.4 Å². The number of aliphatic hydroxyl groups excluding tert-OH is 1.